The average Bonchev–Trinajstić information content (AvgIpc) is 3.06. The van der Waals surface area contributed by atoms with Gasteiger partial charge in [-0.15, -0.1) is 0 Å². The summed E-state index contributed by atoms with van der Waals surface area (Å²) in [6.45, 7) is 8.74. The first-order valence-electron chi connectivity index (χ1n) is 16.5. The molecule has 46 heavy (non-hydrogen) atoms. The van der Waals surface area contributed by atoms with E-state index in [1.54, 1.807) is 0 Å². The molecule has 228 valence electrons. The molecule has 4 aliphatic rings. The van der Waals surface area contributed by atoms with Gasteiger partial charge in [-0.3, -0.25) is 0 Å². The van der Waals surface area contributed by atoms with Gasteiger partial charge >= 0.3 is 0 Å². The van der Waals surface area contributed by atoms with E-state index in [2.05, 4.69) is 161 Å². The van der Waals surface area contributed by atoms with Crippen LogP contribution in [0.5, 0.6) is 0 Å². The Kier molecular flexibility index (Phi) is 9.04. The van der Waals surface area contributed by atoms with Crippen molar-refractivity contribution >= 4 is 47.7 Å². The molecule has 0 amide bonds. The molecule has 0 atom stereocenters. The Morgan fingerprint density at radius 1 is 0.326 bits per heavy atom. The van der Waals surface area contributed by atoms with Gasteiger partial charge in [0.2, 0.25) is 0 Å². The highest BCUT2D eigenvalue weighted by Gasteiger charge is 2.24. The molecule has 2 heteroatoms. The van der Waals surface area contributed by atoms with Gasteiger partial charge in [-0.2, -0.15) is 0 Å². The van der Waals surface area contributed by atoms with Gasteiger partial charge in [-0.25, -0.2) is 0 Å². The fourth-order valence-electron chi connectivity index (χ4n) is 6.56. The molecule has 0 heterocycles. The normalized spacial score (nSPS) is 12.8. The van der Waals surface area contributed by atoms with Gasteiger partial charge in [0, 0.05) is 0 Å². The van der Waals surface area contributed by atoms with Crippen LogP contribution in [-0.4, -0.2) is 0 Å². The average molecular weight is 633 g/mol. The molecule has 6 aromatic carbocycles. The maximum atomic E-state index is 2.57. The summed E-state index contributed by atoms with van der Waals surface area (Å²) in [5, 5.41) is 8.78. The van der Waals surface area contributed by atoms with Crippen LogP contribution in [-0.2, 0) is 25.7 Å². The smallest absolute Gasteiger partial charge is 0.0116 e. The van der Waals surface area contributed by atoms with Gasteiger partial charge in [-0.05, 0) is 123 Å². The second-order valence-electron chi connectivity index (χ2n) is 12.9. The summed E-state index contributed by atoms with van der Waals surface area (Å²) in [4.78, 5) is 0. The quantitative estimate of drug-likeness (QED) is 0.162. The predicted molar refractivity (Wildman–Crippen MR) is 204 cm³/mol. The van der Waals surface area contributed by atoms with Gasteiger partial charge in [0.25, 0.3) is 0 Å². The fraction of sp³-hybridized carbons (Fsp3) is 0.182. The number of hydrogen-bond acceptors (Lipinski definition) is 0. The van der Waals surface area contributed by atoms with Crippen molar-refractivity contribution in [1.82, 2.24) is 0 Å². The summed E-state index contributed by atoms with van der Waals surface area (Å²) in [6.07, 6.45) is 4.15. The van der Waals surface area contributed by atoms with Gasteiger partial charge in [0.15, 0.2) is 0 Å². The summed E-state index contributed by atoms with van der Waals surface area (Å²) in [7, 11) is -1.32. The van der Waals surface area contributed by atoms with Crippen molar-refractivity contribution in [3.8, 4) is 0 Å². The van der Waals surface area contributed by atoms with Crippen LogP contribution in [0.25, 0.3) is 0 Å². The number of benzene rings is 6. The minimum atomic E-state index is -0.660. The van der Waals surface area contributed by atoms with E-state index in [1.165, 1.54) is 76.3 Å². The Balaban J connectivity index is 1.31. The van der Waals surface area contributed by atoms with Crippen LogP contribution in [0.2, 0.25) is 0 Å². The Morgan fingerprint density at radius 3 is 0.891 bits per heavy atom. The first-order valence-corrected chi connectivity index (χ1v) is 19.2. The van der Waals surface area contributed by atoms with Crippen LogP contribution in [0.15, 0.2) is 133 Å². The van der Waals surface area contributed by atoms with Crippen LogP contribution in [0, 0.1) is 27.7 Å². The fourth-order valence-corrected chi connectivity index (χ4v) is 11.6. The van der Waals surface area contributed by atoms with Crippen LogP contribution < -0.4 is 31.8 Å². The van der Waals surface area contributed by atoms with E-state index in [9.17, 15) is 0 Å². The molecule has 4 aliphatic carbocycles. The third-order valence-electron chi connectivity index (χ3n) is 9.32. The van der Waals surface area contributed by atoms with Crippen molar-refractivity contribution in [3.05, 3.63) is 178 Å². The minimum absolute atomic E-state index is 0.660. The zero-order valence-corrected chi connectivity index (χ0v) is 29.2. The minimum Gasteiger partial charge on any atom is -0.0587 e. The molecule has 0 aliphatic heterocycles. The second kappa shape index (κ2) is 13.5. The molecular weight excluding hydrogens is 590 g/mol. The molecule has 0 saturated heterocycles. The molecule has 0 radical (unpaired) electrons. The molecule has 0 saturated carbocycles. The van der Waals surface area contributed by atoms with Crippen molar-refractivity contribution in [2.24, 2.45) is 0 Å². The SMILES string of the molecule is Cc1ccc(P(c2ccc(C)cc2)c2cc3ccc2CCc2ccc(c(P(c4ccc(C)cc4)c4ccc(C)cc4)c2)CC3)cc1. The molecular formula is C44H42P2. The Hall–Kier alpha value is -3.82. The zero-order chi connectivity index (χ0) is 31.6. The number of aryl methyl sites for hydroxylation is 8. The maximum absolute atomic E-state index is 2.57. The largest absolute Gasteiger partial charge is 0.0587 e. The molecule has 0 N–H and O–H groups in total. The van der Waals surface area contributed by atoms with Gasteiger partial charge in [0.1, 0.15) is 0 Å². The van der Waals surface area contributed by atoms with E-state index in [0.717, 1.165) is 25.7 Å². The molecule has 0 nitrogen and oxygen atoms in total. The molecule has 4 bridgehead atoms. The Morgan fingerprint density at radius 2 is 0.609 bits per heavy atom. The lowest BCUT2D eigenvalue weighted by molar-refractivity contribution is 0.933. The Labute approximate surface area is 278 Å². The standard InChI is InChI=1S/C44H42P2/c1-31-5-21-39(22-6-31)45(40-23-7-32(2)8-24-40)43-29-35-13-17-37(43)19-15-36-14-18-38(20-16-35)44(30-36)46(41-25-9-33(3)10-26-41)42-27-11-34(4)12-28-42/h5-14,17-18,21-30H,15-16,19-20H2,1-4H3. The summed E-state index contributed by atoms with van der Waals surface area (Å²) in [6, 6.07) is 52.0. The Bertz CT molecular complexity index is 1710. The van der Waals surface area contributed by atoms with Gasteiger partial charge in [-0.1, -0.05) is 156 Å². The van der Waals surface area contributed by atoms with Crippen LogP contribution in [0.1, 0.15) is 44.5 Å². The van der Waals surface area contributed by atoms with Crippen molar-refractivity contribution in [3.63, 3.8) is 0 Å². The lowest BCUT2D eigenvalue weighted by Crippen LogP contribution is -2.26. The predicted octanol–water partition coefficient (Wildman–Crippen LogP) is 8.32. The molecule has 0 spiro atoms. The van der Waals surface area contributed by atoms with E-state index in [1.807, 2.05) is 0 Å². The highest BCUT2D eigenvalue weighted by Crippen LogP contribution is 2.38. The van der Waals surface area contributed by atoms with E-state index < -0.39 is 15.8 Å². The molecule has 10 rings (SSSR count). The topological polar surface area (TPSA) is 0 Å². The molecule has 0 fully saturated rings. The van der Waals surface area contributed by atoms with E-state index in [4.69, 9.17) is 0 Å². The van der Waals surface area contributed by atoms with E-state index in [0.29, 0.717) is 0 Å². The van der Waals surface area contributed by atoms with Crippen molar-refractivity contribution < 1.29 is 0 Å². The van der Waals surface area contributed by atoms with Crippen molar-refractivity contribution in [2.75, 3.05) is 0 Å². The van der Waals surface area contributed by atoms with Crippen LogP contribution >= 0.6 is 15.8 Å². The zero-order valence-electron chi connectivity index (χ0n) is 27.4. The molecule has 0 aromatic heterocycles. The number of hydrogen-bond donors (Lipinski definition) is 0. The summed E-state index contributed by atoms with van der Waals surface area (Å²) in [5.74, 6) is 0. The lowest BCUT2D eigenvalue weighted by atomic mass is 9.96. The first-order chi connectivity index (χ1) is 22.4. The molecule has 0 unspecified atom stereocenters. The summed E-state index contributed by atoms with van der Waals surface area (Å²) >= 11 is 0. The highest BCUT2D eigenvalue weighted by molar-refractivity contribution is 7.80. The van der Waals surface area contributed by atoms with E-state index in [-0.39, 0.29) is 0 Å². The number of rotatable bonds is 6. The van der Waals surface area contributed by atoms with Crippen LogP contribution in [0.3, 0.4) is 0 Å². The van der Waals surface area contributed by atoms with Crippen LogP contribution in [0.4, 0.5) is 0 Å². The molecule has 6 aromatic rings. The lowest BCUT2D eigenvalue weighted by Gasteiger charge is -2.26. The first kappa shape index (κ1) is 30.8. The van der Waals surface area contributed by atoms with Crippen molar-refractivity contribution in [2.45, 2.75) is 53.4 Å². The van der Waals surface area contributed by atoms with Gasteiger partial charge in [0.05, 0.1) is 0 Å². The third kappa shape index (κ3) is 6.67. The summed E-state index contributed by atoms with van der Waals surface area (Å²) in [5.41, 5.74) is 11.1. The third-order valence-corrected chi connectivity index (χ3v) is 14.4. The van der Waals surface area contributed by atoms with E-state index >= 15 is 0 Å². The van der Waals surface area contributed by atoms with Crippen molar-refractivity contribution in [1.29, 1.82) is 0 Å². The second-order valence-corrected chi connectivity index (χ2v) is 17.3. The van der Waals surface area contributed by atoms with Gasteiger partial charge < -0.3 is 0 Å². The monoisotopic (exact) mass is 632 g/mol. The summed E-state index contributed by atoms with van der Waals surface area (Å²) < 4.78 is 0. The maximum Gasteiger partial charge on any atom is -0.0116 e. The highest BCUT2D eigenvalue weighted by atomic mass is 31.1.